The van der Waals surface area contributed by atoms with Crippen molar-refractivity contribution in [3.05, 3.63) is 75.5 Å². The van der Waals surface area contributed by atoms with Crippen LogP contribution in [0.3, 0.4) is 0 Å². The van der Waals surface area contributed by atoms with Crippen molar-refractivity contribution >= 4 is 23.2 Å². The van der Waals surface area contributed by atoms with Crippen molar-refractivity contribution in [2.45, 2.75) is 13.0 Å². The first kappa shape index (κ1) is 15.1. The molecule has 0 saturated carbocycles. The Balaban J connectivity index is 2.17. The van der Waals surface area contributed by atoms with Crippen LogP contribution in [0, 0.1) is 6.92 Å². The summed E-state index contributed by atoms with van der Waals surface area (Å²) in [7, 11) is 0. The first-order valence-corrected chi connectivity index (χ1v) is 7.48. The van der Waals surface area contributed by atoms with Crippen LogP contribution in [0.1, 0.15) is 23.0 Å². The molecule has 0 aliphatic rings. The van der Waals surface area contributed by atoms with Gasteiger partial charge in [-0.1, -0.05) is 64.8 Å². The average Bonchev–Trinajstić information content (AvgIpc) is 2.89. The quantitative estimate of drug-likeness (QED) is 0.730. The van der Waals surface area contributed by atoms with Gasteiger partial charge in [-0.25, -0.2) is 0 Å². The van der Waals surface area contributed by atoms with Crippen LogP contribution in [0.4, 0.5) is 0 Å². The maximum atomic E-state index is 10.7. The second kappa shape index (κ2) is 6.13. The van der Waals surface area contributed by atoms with Crippen molar-refractivity contribution < 1.29 is 9.63 Å². The number of aromatic nitrogens is 1. The summed E-state index contributed by atoms with van der Waals surface area (Å²) in [5, 5.41) is 15.7. The van der Waals surface area contributed by atoms with Gasteiger partial charge in [0.15, 0.2) is 0 Å². The van der Waals surface area contributed by atoms with E-state index < -0.39 is 6.10 Å². The monoisotopic (exact) mass is 333 g/mol. The first-order chi connectivity index (χ1) is 10.6. The van der Waals surface area contributed by atoms with E-state index in [2.05, 4.69) is 5.16 Å². The Morgan fingerprint density at radius 3 is 2.27 bits per heavy atom. The zero-order chi connectivity index (χ0) is 15.7. The average molecular weight is 334 g/mol. The van der Waals surface area contributed by atoms with Gasteiger partial charge in [0.2, 0.25) is 0 Å². The number of halogens is 2. The van der Waals surface area contributed by atoms with Crippen molar-refractivity contribution in [3.63, 3.8) is 0 Å². The molecule has 3 rings (SSSR count). The van der Waals surface area contributed by atoms with Crippen LogP contribution < -0.4 is 0 Å². The smallest absolute Gasteiger partial charge is 0.140 e. The van der Waals surface area contributed by atoms with Crippen molar-refractivity contribution in [1.82, 2.24) is 5.16 Å². The topological polar surface area (TPSA) is 46.3 Å². The van der Waals surface area contributed by atoms with Crippen molar-refractivity contribution in [2.24, 2.45) is 0 Å². The lowest BCUT2D eigenvalue weighted by Gasteiger charge is -2.13. The van der Waals surface area contributed by atoms with Crippen molar-refractivity contribution in [2.75, 3.05) is 0 Å². The minimum absolute atomic E-state index is 0.460. The fourth-order valence-electron chi connectivity index (χ4n) is 2.41. The highest BCUT2D eigenvalue weighted by atomic mass is 35.5. The second-order valence-corrected chi connectivity index (χ2v) is 5.73. The molecule has 112 valence electrons. The fraction of sp³-hybridized carbons (Fsp3) is 0.118. The highest BCUT2D eigenvalue weighted by Crippen LogP contribution is 2.40. The predicted octanol–water partition coefficient (Wildman–Crippen LogP) is 5.04. The molecule has 3 nitrogen and oxygen atoms in total. The third-order valence-corrected chi connectivity index (χ3v) is 4.13. The van der Waals surface area contributed by atoms with Gasteiger partial charge in [0.1, 0.15) is 17.6 Å². The molecule has 0 bridgehead atoms. The molecule has 0 amide bonds. The third-order valence-electron chi connectivity index (χ3n) is 3.50. The summed E-state index contributed by atoms with van der Waals surface area (Å²) < 4.78 is 5.28. The van der Waals surface area contributed by atoms with Gasteiger partial charge >= 0.3 is 0 Å². The van der Waals surface area contributed by atoms with E-state index in [1.165, 1.54) is 0 Å². The van der Waals surface area contributed by atoms with Crippen molar-refractivity contribution in [1.29, 1.82) is 0 Å². The molecule has 1 heterocycles. The van der Waals surface area contributed by atoms with Crippen LogP contribution in [0.25, 0.3) is 11.3 Å². The van der Waals surface area contributed by atoms with Crippen LogP contribution >= 0.6 is 23.2 Å². The minimum Gasteiger partial charge on any atom is -0.383 e. The van der Waals surface area contributed by atoms with Crippen LogP contribution in [-0.4, -0.2) is 10.3 Å². The molecule has 3 aromatic rings. The summed E-state index contributed by atoms with van der Waals surface area (Å²) in [6.45, 7) is 1.75. The van der Waals surface area contributed by atoms with E-state index in [-0.39, 0.29) is 0 Å². The summed E-state index contributed by atoms with van der Waals surface area (Å²) in [4.78, 5) is 0. The lowest BCUT2D eigenvalue weighted by atomic mass is 9.97. The molecule has 2 aromatic carbocycles. The normalized spacial score (nSPS) is 12.4. The standard InChI is InChI=1S/C17H13Cl2NO2/c1-10-14(17(21)11-6-3-2-4-7-11)16(20-22-10)15-12(18)8-5-9-13(15)19/h2-9,17,21H,1H3/t17-/m0/s1. The predicted molar refractivity (Wildman–Crippen MR) is 87.2 cm³/mol. The van der Waals surface area contributed by atoms with Gasteiger partial charge in [-0.05, 0) is 24.6 Å². The Kier molecular flexibility index (Phi) is 4.21. The summed E-state index contributed by atoms with van der Waals surface area (Å²) in [5.41, 5.74) is 2.34. The molecule has 1 atom stereocenters. The molecule has 5 heteroatoms. The van der Waals surface area contributed by atoms with Gasteiger partial charge in [-0.15, -0.1) is 0 Å². The van der Waals surface area contributed by atoms with Crippen molar-refractivity contribution in [3.8, 4) is 11.3 Å². The van der Waals surface area contributed by atoms with Gasteiger partial charge in [0.05, 0.1) is 15.6 Å². The number of nitrogens with zero attached hydrogens (tertiary/aromatic N) is 1. The van der Waals surface area contributed by atoms with E-state index in [1.54, 1.807) is 25.1 Å². The Morgan fingerprint density at radius 2 is 1.64 bits per heavy atom. The Labute approximate surface area is 138 Å². The molecule has 0 saturated heterocycles. The molecule has 0 unspecified atom stereocenters. The van der Waals surface area contributed by atoms with Crippen LogP contribution in [0.15, 0.2) is 53.1 Å². The van der Waals surface area contributed by atoms with Gasteiger partial charge in [-0.3, -0.25) is 0 Å². The molecule has 1 aromatic heterocycles. The zero-order valence-corrected chi connectivity index (χ0v) is 13.3. The largest absolute Gasteiger partial charge is 0.383 e. The molecule has 0 fully saturated rings. The van der Waals surface area contributed by atoms with Gasteiger partial charge in [0, 0.05) is 5.56 Å². The molecule has 22 heavy (non-hydrogen) atoms. The summed E-state index contributed by atoms with van der Waals surface area (Å²) in [5.74, 6) is 0.530. The van der Waals surface area contributed by atoms with Gasteiger partial charge in [-0.2, -0.15) is 0 Å². The Morgan fingerprint density at radius 1 is 1.00 bits per heavy atom. The van der Waals surface area contributed by atoms with E-state index >= 15 is 0 Å². The summed E-state index contributed by atoms with van der Waals surface area (Å²) in [6, 6.07) is 14.5. The fourth-order valence-corrected chi connectivity index (χ4v) is 2.98. The van der Waals surface area contributed by atoms with Crippen LogP contribution in [0.5, 0.6) is 0 Å². The van der Waals surface area contributed by atoms with Crippen LogP contribution in [0.2, 0.25) is 10.0 Å². The molecule has 0 aliphatic carbocycles. The van der Waals surface area contributed by atoms with Gasteiger partial charge in [0.25, 0.3) is 0 Å². The maximum Gasteiger partial charge on any atom is 0.140 e. The molecule has 1 N–H and O–H groups in total. The number of benzene rings is 2. The number of aryl methyl sites for hydroxylation is 1. The molecule has 0 spiro atoms. The van der Waals surface area contributed by atoms with E-state index in [1.807, 2.05) is 30.3 Å². The molecule has 0 aliphatic heterocycles. The highest BCUT2D eigenvalue weighted by Gasteiger charge is 2.25. The van der Waals surface area contributed by atoms with E-state index in [9.17, 15) is 5.11 Å². The molecular weight excluding hydrogens is 321 g/mol. The summed E-state index contributed by atoms with van der Waals surface area (Å²) >= 11 is 12.5. The second-order valence-electron chi connectivity index (χ2n) is 4.91. The number of aliphatic hydroxyl groups excluding tert-OH is 1. The molecule has 0 radical (unpaired) electrons. The Bertz CT molecular complexity index is 779. The molecular formula is C17H13Cl2NO2. The van der Waals surface area contributed by atoms with E-state index in [0.717, 1.165) is 5.56 Å². The van der Waals surface area contributed by atoms with E-state index in [0.29, 0.717) is 32.6 Å². The van der Waals surface area contributed by atoms with Crippen LogP contribution in [-0.2, 0) is 0 Å². The summed E-state index contributed by atoms with van der Waals surface area (Å²) in [6.07, 6.45) is -0.866. The zero-order valence-electron chi connectivity index (χ0n) is 11.8. The number of hydrogen-bond donors (Lipinski definition) is 1. The minimum atomic E-state index is -0.866. The first-order valence-electron chi connectivity index (χ1n) is 6.73. The highest BCUT2D eigenvalue weighted by molar-refractivity contribution is 6.39. The lowest BCUT2D eigenvalue weighted by Crippen LogP contribution is -2.02. The third kappa shape index (κ3) is 2.63. The van der Waals surface area contributed by atoms with Gasteiger partial charge < -0.3 is 9.63 Å². The number of aliphatic hydroxyl groups is 1. The lowest BCUT2D eigenvalue weighted by molar-refractivity contribution is 0.218. The van der Waals surface area contributed by atoms with E-state index in [4.69, 9.17) is 27.7 Å². The Hall–Kier alpha value is -1.81. The number of rotatable bonds is 3. The number of hydrogen-bond acceptors (Lipinski definition) is 3. The SMILES string of the molecule is Cc1onc(-c2c(Cl)cccc2Cl)c1[C@@H](O)c1ccccc1. The maximum absolute atomic E-state index is 10.7.